The first-order valence-corrected chi connectivity index (χ1v) is 11.1. The summed E-state index contributed by atoms with van der Waals surface area (Å²) in [4.78, 5) is 18.4. The maximum Gasteiger partial charge on any atom is 0.159 e. The lowest BCUT2D eigenvalue weighted by molar-refractivity contribution is -0.151. The molecule has 8 atom stereocenters. The molecule has 1 unspecified atom stereocenters. The molecule has 6 nitrogen and oxygen atoms in total. The van der Waals surface area contributed by atoms with Crippen molar-refractivity contribution in [1.82, 2.24) is 0 Å². The van der Waals surface area contributed by atoms with Gasteiger partial charge in [0.05, 0.1) is 23.5 Å². The second-order valence-corrected chi connectivity index (χ2v) is 10.2. The number of carbonyl (C=O) groups excluding carboxylic acids is 1. The Morgan fingerprint density at radius 1 is 1.21 bits per heavy atom. The SMILES string of the molecule is CCON=C(C)[C@H]1CC[C@@]2(O)C3=CC(=O)[C@@H]4C[C@@H](O)[C@@H](O)C[C@]4(C)C3CC[C@]12C. The van der Waals surface area contributed by atoms with Crippen LogP contribution in [0.4, 0.5) is 0 Å². The van der Waals surface area contributed by atoms with Gasteiger partial charge in [-0.3, -0.25) is 4.79 Å². The van der Waals surface area contributed by atoms with Crippen LogP contribution in [-0.4, -0.2) is 51.2 Å². The lowest BCUT2D eigenvalue weighted by Crippen LogP contribution is -2.60. The van der Waals surface area contributed by atoms with E-state index >= 15 is 0 Å². The van der Waals surface area contributed by atoms with Gasteiger partial charge in [0.1, 0.15) is 6.61 Å². The Morgan fingerprint density at radius 2 is 1.93 bits per heavy atom. The van der Waals surface area contributed by atoms with Crippen molar-refractivity contribution in [3.63, 3.8) is 0 Å². The Bertz CT molecular complexity index is 762. The Balaban J connectivity index is 1.73. The molecule has 3 saturated carbocycles. The molecule has 3 N–H and O–H groups in total. The van der Waals surface area contributed by atoms with Crippen molar-refractivity contribution < 1.29 is 25.0 Å². The molecular weight excluding hydrogens is 370 g/mol. The molecule has 0 saturated heterocycles. The summed E-state index contributed by atoms with van der Waals surface area (Å²) in [6.07, 6.45) is 3.85. The first-order valence-electron chi connectivity index (χ1n) is 11.1. The molecule has 0 aromatic rings. The number of nitrogens with zero attached hydrogens (tertiary/aromatic N) is 1. The molecule has 0 aliphatic heterocycles. The molecule has 4 rings (SSSR count). The average Bonchev–Trinajstić information content (AvgIpc) is 2.94. The zero-order valence-corrected chi connectivity index (χ0v) is 18.0. The number of hydrogen-bond donors (Lipinski definition) is 3. The molecule has 4 aliphatic carbocycles. The first kappa shape index (κ1) is 21.0. The molecule has 29 heavy (non-hydrogen) atoms. The summed E-state index contributed by atoms with van der Waals surface area (Å²) in [6, 6.07) is 0. The molecule has 0 aromatic carbocycles. The lowest BCUT2D eigenvalue weighted by atomic mass is 9.46. The van der Waals surface area contributed by atoms with E-state index in [9.17, 15) is 20.1 Å². The standard InChI is InChI=1S/C23H35NO5/c1-5-29-24-13(2)14-7-9-23(28)16-10-18(25)17-11-19(26)20(27)12-21(17,3)15(16)6-8-22(14,23)4/h10,14-15,17,19-20,26-28H,5-9,11-12H2,1-4H3/t14-,15?,17+,19-,20+,21-,22-,23-/m1/s1. The topological polar surface area (TPSA) is 99.4 Å². The van der Waals surface area contributed by atoms with Crippen LogP contribution in [0.5, 0.6) is 0 Å². The van der Waals surface area contributed by atoms with Gasteiger partial charge in [0, 0.05) is 17.3 Å². The van der Waals surface area contributed by atoms with Crippen LogP contribution in [0.2, 0.25) is 0 Å². The molecular formula is C23H35NO5. The van der Waals surface area contributed by atoms with Crippen molar-refractivity contribution in [2.24, 2.45) is 33.7 Å². The minimum atomic E-state index is -1.05. The Kier molecular flexibility index (Phi) is 4.99. The average molecular weight is 406 g/mol. The number of ketones is 1. The van der Waals surface area contributed by atoms with Crippen LogP contribution in [0.1, 0.15) is 66.2 Å². The zero-order valence-electron chi connectivity index (χ0n) is 18.0. The second kappa shape index (κ2) is 6.89. The highest BCUT2D eigenvalue weighted by atomic mass is 16.6. The van der Waals surface area contributed by atoms with Gasteiger partial charge in [-0.05, 0) is 75.4 Å². The van der Waals surface area contributed by atoms with Gasteiger partial charge >= 0.3 is 0 Å². The number of allylic oxidation sites excluding steroid dienone is 1. The van der Waals surface area contributed by atoms with E-state index in [2.05, 4.69) is 19.0 Å². The Labute approximate surface area is 173 Å². The fourth-order valence-electron chi connectivity index (χ4n) is 7.27. The first-order chi connectivity index (χ1) is 13.6. The quantitative estimate of drug-likeness (QED) is 0.495. The van der Waals surface area contributed by atoms with Crippen molar-refractivity contribution in [1.29, 1.82) is 0 Å². The van der Waals surface area contributed by atoms with Crippen molar-refractivity contribution >= 4 is 11.5 Å². The summed E-state index contributed by atoms with van der Waals surface area (Å²) in [5, 5.41) is 36.8. The van der Waals surface area contributed by atoms with Gasteiger partial charge in [-0.1, -0.05) is 19.0 Å². The molecule has 3 fully saturated rings. The fourth-order valence-corrected chi connectivity index (χ4v) is 7.27. The summed E-state index contributed by atoms with van der Waals surface area (Å²) < 4.78 is 0. The van der Waals surface area contributed by atoms with Crippen molar-refractivity contribution in [3.05, 3.63) is 11.6 Å². The van der Waals surface area contributed by atoms with E-state index in [4.69, 9.17) is 4.84 Å². The minimum absolute atomic E-state index is 0.00877. The van der Waals surface area contributed by atoms with E-state index in [1.54, 1.807) is 6.08 Å². The van der Waals surface area contributed by atoms with Crippen LogP contribution in [0.3, 0.4) is 0 Å². The van der Waals surface area contributed by atoms with Gasteiger partial charge in [-0.15, -0.1) is 0 Å². The third-order valence-corrected chi connectivity index (χ3v) is 8.96. The summed E-state index contributed by atoms with van der Waals surface area (Å²) in [5.74, 6) is -0.139. The third kappa shape index (κ3) is 2.78. The number of hydrogen-bond acceptors (Lipinski definition) is 6. The second-order valence-electron chi connectivity index (χ2n) is 10.2. The van der Waals surface area contributed by atoms with Crippen LogP contribution in [-0.2, 0) is 9.63 Å². The highest BCUT2D eigenvalue weighted by Gasteiger charge is 2.66. The molecule has 0 spiro atoms. The molecule has 0 bridgehead atoms. The van der Waals surface area contributed by atoms with Crippen molar-refractivity contribution in [3.8, 4) is 0 Å². The minimum Gasteiger partial charge on any atom is -0.396 e. The van der Waals surface area contributed by atoms with Gasteiger partial charge in [0.15, 0.2) is 5.78 Å². The van der Waals surface area contributed by atoms with E-state index < -0.39 is 28.6 Å². The lowest BCUT2D eigenvalue weighted by Gasteiger charge is -2.59. The summed E-state index contributed by atoms with van der Waals surface area (Å²) in [5.41, 5.74) is -0.106. The number of aliphatic hydroxyl groups is 3. The summed E-state index contributed by atoms with van der Waals surface area (Å²) in [6.45, 7) is 8.59. The third-order valence-electron chi connectivity index (χ3n) is 8.96. The van der Waals surface area contributed by atoms with E-state index in [-0.39, 0.29) is 23.5 Å². The largest absolute Gasteiger partial charge is 0.396 e. The van der Waals surface area contributed by atoms with E-state index in [0.29, 0.717) is 25.9 Å². The van der Waals surface area contributed by atoms with Gasteiger partial charge in [-0.25, -0.2) is 0 Å². The maximum atomic E-state index is 13.1. The summed E-state index contributed by atoms with van der Waals surface area (Å²) in [7, 11) is 0. The number of fused-ring (bicyclic) bond motifs is 5. The molecule has 162 valence electrons. The van der Waals surface area contributed by atoms with E-state index in [1.807, 2.05) is 13.8 Å². The number of aliphatic hydroxyl groups excluding tert-OH is 2. The highest BCUT2D eigenvalue weighted by Crippen LogP contribution is 2.67. The van der Waals surface area contributed by atoms with Crippen LogP contribution >= 0.6 is 0 Å². The monoisotopic (exact) mass is 405 g/mol. The summed E-state index contributed by atoms with van der Waals surface area (Å²) >= 11 is 0. The van der Waals surface area contributed by atoms with Gasteiger partial charge < -0.3 is 20.2 Å². The predicted octanol–water partition coefficient (Wildman–Crippen LogP) is 2.60. The van der Waals surface area contributed by atoms with E-state index in [0.717, 1.165) is 30.5 Å². The van der Waals surface area contributed by atoms with Crippen LogP contribution in [0, 0.1) is 28.6 Å². The van der Waals surface area contributed by atoms with E-state index in [1.165, 1.54) is 0 Å². The molecule has 6 heteroatoms. The Morgan fingerprint density at radius 3 is 2.62 bits per heavy atom. The maximum absolute atomic E-state index is 13.1. The number of carbonyl (C=O) groups is 1. The normalized spacial score (nSPS) is 49.8. The molecule has 0 heterocycles. The van der Waals surface area contributed by atoms with Crippen molar-refractivity contribution in [2.75, 3.05) is 6.61 Å². The van der Waals surface area contributed by atoms with Crippen LogP contribution < -0.4 is 0 Å². The molecule has 0 amide bonds. The zero-order chi connectivity index (χ0) is 21.2. The predicted molar refractivity (Wildman–Crippen MR) is 109 cm³/mol. The molecule has 4 aliphatic rings. The van der Waals surface area contributed by atoms with Crippen LogP contribution in [0.25, 0.3) is 0 Å². The van der Waals surface area contributed by atoms with Gasteiger partial charge in [0.25, 0.3) is 0 Å². The van der Waals surface area contributed by atoms with Crippen LogP contribution in [0.15, 0.2) is 16.8 Å². The van der Waals surface area contributed by atoms with Gasteiger partial charge in [-0.2, -0.15) is 0 Å². The smallest absolute Gasteiger partial charge is 0.159 e. The van der Waals surface area contributed by atoms with Gasteiger partial charge in [0.2, 0.25) is 0 Å². The highest BCUT2D eigenvalue weighted by molar-refractivity contribution is 5.95. The number of oxime groups is 1. The molecule has 0 aromatic heterocycles. The fraction of sp³-hybridized carbons (Fsp3) is 0.826. The molecule has 0 radical (unpaired) electrons. The van der Waals surface area contributed by atoms with Crippen molar-refractivity contribution in [2.45, 2.75) is 84.0 Å². The Hall–Kier alpha value is -1.24. The number of rotatable bonds is 3.